The number of hydrogen-bond donors (Lipinski definition) is 3. The van der Waals surface area contributed by atoms with Gasteiger partial charge in [-0.1, -0.05) is 32.8 Å². The number of carbonyl (C=O) groups is 1. The summed E-state index contributed by atoms with van der Waals surface area (Å²) < 4.78 is 6.53. The average molecular weight is 455 g/mol. The van der Waals surface area contributed by atoms with E-state index in [2.05, 4.69) is 17.1 Å². The lowest BCUT2D eigenvalue weighted by atomic mass is 9.48. The molecule has 0 aromatic heterocycles. The van der Waals surface area contributed by atoms with Crippen molar-refractivity contribution in [2.24, 2.45) is 11.8 Å². The molecule has 3 aliphatic carbocycles. The van der Waals surface area contributed by atoms with Gasteiger partial charge >= 0.3 is 0 Å². The van der Waals surface area contributed by atoms with Crippen molar-refractivity contribution in [3.8, 4) is 11.5 Å². The molecule has 1 spiro atoms. The third-order valence-electron chi connectivity index (χ3n) is 9.53. The van der Waals surface area contributed by atoms with Gasteiger partial charge in [0.05, 0.1) is 17.1 Å². The number of likely N-dealkylation sites (tertiary alicyclic amines) is 1. The van der Waals surface area contributed by atoms with Gasteiger partial charge in [-0.3, -0.25) is 9.69 Å². The Morgan fingerprint density at radius 1 is 1.30 bits per heavy atom. The molecule has 1 aromatic rings. The maximum atomic E-state index is 13.1. The second kappa shape index (κ2) is 7.61. The van der Waals surface area contributed by atoms with Gasteiger partial charge in [-0.2, -0.15) is 0 Å². The molecule has 1 unspecified atom stereocenters. The van der Waals surface area contributed by atoms with Gasteiger partial charge in [-0.05, 0) is 69.0 Å². The van der Waals surface area contributed by atoms with Gasteiger partial charge in [0.15, 0.2) is 11.5 Å². The van der Waals surface area contributed by atoms with Crippen molar-refractivity contribution >= 4 is 5.91 Å². The lowest BCUT2D eigenvalue weighted by molar-refractivity contribution is -0.192. The van der Waals surface area contributed by atoms with Gasteiger partial charge in [0.1, 0.15) is 6.10 Å². The minimum atomic E-state index is -0.897. The van der Waals surface area contributed by atoms with Gasteiger partial charge in [0, 0.05) is 24.1 Å². The monoisotopic (exact) mass is 454 g/mol. The number of amides is 1. The Labute approximate surface area is 196 Å². The number of hydrogen-bond acceptors (Lipinski definition) is 5. The molecule has 33 heavy (non-hydrogen) atoms. The third kappa shape index (κ3) is 3.02. The largest absolute Gasteiger partial charge is 0.504 e. The number of phenolic OH excluding ortho intramolecular Hbond substituents is 1. The number of aliphatic hydroxyl groups is 1. The van der Waals surface area contributed by atoms with E-state index in [-0.39, 0.29) is 35.8 Å². The van der Waals surface area contributed by atoms with Gasteiger partial charge in [0.25, 0.3) is 0 Å². The number of unbranched alkanes of at least 4 members (excludes halogenated alkanes) is 1. The molecule has 1 aromatic carbocycles. The molecule has 1 saturated heterocycles. The van der Waals surface area contributed by atoms with Crippen LogP contribution in [0, 0.1) is 11.8 Å². The van der Waals surface area contributed by atoms with Gasteiger partial charge in [0.2, 0.25) is 5.91 Å². The van der Waals surface area contributed by atoms with E-state index >= 15 is 0 Å². The zero-order valence-corrected chi connectivity index (χ0v) is 20.0. The minimum absolute atomic E-state index is 0.0319. The van der Waals surface area contributed by atoms with Gasteiger partial charge in [-0.25, -0.2) is 0 Å². The summed E-state index contributed by atoms with van der Waals surface area (Å²) in [4.78, 5) is 15.6. The predicted octanol–water partition coefficient (Wildman–Crippen LogP) is 3.27. The maximum absolute atomic E-state index is 13.1. The molecule has 6 nitrogen and oxygen atoms in total. The van der Waals surface area contributed by atoms with E-state index in [1.54, 1.807) is 6.07 Å². The van der Waals surface area contributed by atoms with Crippen LogP contribution in [-0.4, -0.2) is 57.9 Å². The Kier molecular flexibility index (Phi) is 5.01. The molecule has 180 valence electrons. The molecular weight excluding hydrogens is 416 g/mol. The Morgan fingerprint density at radius 3 is 2.88 bits per heavy atom. The molecule has 2 aliphatic heterocycles. The molecule has 3 N–H and O–H groups in total. The zero-order chi connectivity index (χ0) is 23.0. The second-order valence-electron chi connectivity index (χ2n) is 11.5. The smallest absolute Gasteiger partial charge is 0.223 e. The summed E-state index contributed by atoms with van der Waals surface area (Å²) in [5.41, 5.74) is 0.757. The van der Waals surface area contributed by atoms with Crippen LogP contribution in [0.5, 0.6) is 11.5 Å². The Hall–Kier alpha value is -1.79. The summed E-state index contributed by atoms with van der Waals surface area (Å²) >= 11 is 0. The Morgan fingerprint density at radius 2 is 2.12 bits per heavy atom. The molecule has 2 bridgehead atoms. The van der Waals surface area contributed by atoms with Crippen LogP contribution >= 0.6 is 0 Å². The van der Waals surface area contributed by atoms with E-state index < -0.39 is 11.0 Å². The fourth-order valence-corrected chi connectivity index (χ4v) is 7.60. The first-order chi connectivity index (χ1) is 15.9. The topological polar surface area (TPSA) is 82.0 Å². The summed E-state index contributed by atoms with van der Waals surface area (Å²) in [6.07, 6.45) is 8.24. The molecular formula is C27H38N2O4. The van der Waals surface area contributed by atoms with E-state index in [1.165, 1.54) is 18.4 Å². The molecule has 6 heteroatoms. The molecule has 6 atom stereocenters. The highest BCUT2D eigenvalue weighted by Crippen LogP contribution is 2.65. The number of benzene rings is 1. The van der Waals surface area contributed by atoms with Crippen molar-refractivity contribution < 1.29 is 19.7 Å². The van der Waals surface area contributed by atoms with E-state index in [4.69, 9.17) is 4.74 Å². The quantitative estimate of drug-likeness (QED) is 0.589. The van der Waals surface area contributed by atoms with Crippen LogP contribution in [0.1, 0.15) is 76.3 Å². The van der Waals surface area contributed by atoms with Gasteiger partial charge in [-0.15, -0.1) is 0 Å². The van der Waals surface area contributed by atoms with E-state index in [0.717, 1.165) is 56.7 Å². The molecule has 6 rings (SSSR count). The van der Waals surface area contributed by atoms with Crippen molar-refractivity contribution in [2.45, 2.75) is 101 Å². The SMILES string of the molecule is CCCCC(C)C(=O)N[C@@H]1CC[C@@]2(O)[C@H]3Cc4ccc(O)c5c4[C@@]2(CCN3CC2CC2)[C@H]1O5. The highest BCUT2D eigenvalue weighted by atomic mass is 16.5. The first-order valence-corrected chi connectivity index (χ1v) is 13.2. The van der Waals surface area contributed by atoms with Crippen molar-refractivity contribution in [1.29, 1.82) is 0 Å². The molecule has 0 radical (unpaired) electrons. The van der Waals surface area contributed by atoms with Crippen LogP contribution in [0.15, 0.2) is 12.1 Å². The zero-order valence-electron chi connectivity index (χ0n) is 20.0. The summed E-state index contributed by atoms with van der Waals surface area (Å²) in [5, 5.41) is 26.5. The van der Waals surface area contributed by atoms with E-state index in [9.17, 15) is 15.0 Å². The normalized spacial score (nSPS) is 37.2. The molecule has 5 aliphatic rings. The fourth-order valence-electron chi connectivity index (χ4n) is 7.60. The predicted molar refractivity (Wildman–Crippen MR) is 125 cm³/mol. The molecule has 2 heterocycles. The van der Waals surface area contributed by atoms with Crippen molar-refractivity contribution in [2.75, 3.05) is 13.1 Å². The molecule has 3 fully saturated rings. The van der Waals surface area contributed by atoms with Crippen molar-refractivity contribution in [3.05, 3.63) is 23.3 Å². The van der Waals surface area contributed by atoms with Crippen molar-refractivity contribution in [1.82, 2.24) is 10.2 Å². The highest BCUT2D eigenvalue weighted by molar-refractivity contribution is 5.79. The minimum Gasteiger partial charge on any atom is -0.504 e. The average Bonchev–Trinajstić information content (AvgIpc) is 3.54. The van der Waals surface area contributed by atoms with Crippen molar-refractivity contribution in [3.63, 3.8) is 0 Å². The van der Waals surface area contributed by atoms with Crippen LogP contribution in [0.3, 0.4) is 0 Å². The van der Waals surface area contributed by atoms with Crippen LogP contribution in [0.2, 0.25) is 0 Å². The summed E-state index contributed by atoms with van der Waals surface area (Å²) in [6, 6.07) is 3.69. The fraction of sp³-hybridized carbons (Fsp3) is 0.741. The van der Waals surface area contributed by atoms with Gasteiger partial charge < -0.3 is 20.3 Å². The Bertz CT molecular complexity index is 962. The lowest BCUT2D eigenvalue weighted by Gasteiger charge is -2.64. The van der Waals surface area contributed by atoms with E-state index in [0.29, 0.717) is 18.6 Å². The number of rotatable bonds is 7. The van der Waals surface area contributed by atoms with Crippen LogP contribution in [0.25, 0.3) is 0 Å². The summed E-state index contributed by atoms with van der Waals surface area (Å²) in [7, 11) is 0. The number of ether oxygens (including phenoxy) is 1. The summed E-state index contributed by atoms with van der Waals surface area (Å²) in [5.74, 6) is 1.52. The van der Waals surface area contributed by atoms with Crippen LogP contribution in [0.4, 0.5) is 0 Å². The second-order valence-corrected chi connectivity index (χ2v) is 11.5. The van der Waals surface area contributed by atoms with Crippen LogP contribution in [-0.2, 0) is 16.6 Å². The maximum Gasteiger partial charge on any atom is 0.223 e. The van der Waals surface area contributed by atoms with E-state index in [1.807, 2.05) is 13.0 Å². The number of phenols is 1. The molecule has 1 amide bonds. The third-order valence-corrected chi connectivity index (χ3v) is 9.53. The number of nitrogens with zero attached hydrogens (tertiary/aromatic N) is 1. The first kappa shape index (κ1) is 21.7. The van der Waals surface area contributed by atoms with Crippen LogP contribution < -0.4 is 10.1 Å². The number of piperidine rings is 1. The number of aromatic hydroxyl groups is 1. The number of carbonyl (C=O) groups excluding carboxylic acids is 1. The first-order valence-electron chi connectivity index (χ1n) is 13.2. The Balaban J connectivity index is 1.37. The highest BCUT2D eigenvalue weighted by Gasteiger charge is 2.73. The number of nitrogens with one attached hydrogen (secondary N) is 1. The standard InChI is InChI=1S/C27H38N2O4/c1-3-4-5-16(2)25(31)28-19-10-11-27(32)21-14-18-8-9-20(30)23-22(18)26(27,24(19)33-23)12-13-29(21)15-17-6-7-17/h8-9,16-17,19,21,24,30,32H,3-7,10-15H2,1-2H3,(H,28,31)/t16?,19-,21-,24+,26+,27-/m1/s1. The molecule has 2 saturated carbocycles. The lowest BCUT2D eigenvalue weighted by Crippen LogP contribution is -2.78. The summed E-state index contributed by atoms with van der Waals surface area (Å²) in [6.45, 7) is 6.16.